The molecular formula is C15H20Br2NO2+. The molecule has 3 nitrogen and oxygen atoms in total. The second kappa shape index (κ2) is 6.58. The quantitative estimate of drug-likeness (QED) is 0.785. The van der Waals surface area contributed by atoms with Gasteiger partial charge in [0.1, 0.15) is 5.60 Å². The second-order valence-corrected chi connectivity index (χ2v) is 7.53. The van der Waals surface area contributed by atoms with Crippen LogP contribution in [-0.4, -0.2) is 24.7 Å². The standard InChI is InChI=1S/C15H19Br2NO2/c1-15(2,10-5-7-18-8-6-10)20-14(19)12-9-11(16)3-4-13(12)17/h3-4,9-10,18H,5-8H2,1-2H3/p+1. The Morgan fingerprint density at radius 3 is 2.60 bits per heavy atom. The molecule has 0 bridgehead atoms. The van der Waals surface area contributed by atoms with Gasteiger partial charge in [-0.25, -0.2) is 4.79 Å². The minimum atomic E-state index is -0.424. The molecule has 0 saturated carbocycles. The third-order valence-electron chi connectivity index (χ3n) is 3.93. The van der Waals surface area contributed by atoms with Gasteiger partial charge in [0.2, 0.25) is 0 Å². The van der Waals surface area contributed by atoms with Gasteiger partial charge in [0.15, 0.2) is 0 Å². The average molecular weight is 406 g/mol. The van der Waals surface area contributed by atoms with E-state index in [9.17, 15) is 4.79 Å². The maximum absolute atomic E-state index is 12.4. The number of hydrogen-bond acceptors (Lipinski definition) is 2. The van der Waals surface area contributed by atoms with Crippen molar-refractivity contribution < 1.29 is 14.8 Å². The molecule has 1 saturated heterocycles. The highest BCUT2D eigenvalue weighted by molar-refractivity contribution is 9.11. The molecule has 110 valence electrons. The molecule has 0 aliphatic carbocycles. The normalized spacial score (nSPS) is 17.0. The molecule has 1 aliphatic rings. The summed E-state index contributed by atoms with van der Waals surface area (Å²) in [7, 11) is 0. The molecule has 0 aromatic heterocycles. The molecule has 2 rings (SSSR count). The van der Waals surface area contributed by atoms with Crippen molar-refractivity contribution in [3.8, 4) is 0 Å². The highest BCUT2D eigenvalue weighted by Gasteiger charge is 2.35. The fourth-order valence-electron chi connectivity index (χ4n) is 2.65. The number of rotatable bonds is 3. The largest absolute Gasteiger partial charge is 0.456 e. The zero-order valence-corrected chi connectivity index (χ0v) is 15.0. The summed E-state index contributed by atoms with van der Waals surface area (Å²) in [5.74, 6) is 0.167. The maximum Gasteiger partial charge on any atom is 0.339 e. The van der Waals surface area contributed by atoms with Crippen LogP contribution >= 0.6 is 31.9 Å². The third-order valence-corrected chi connectivity index (χ3v) is 5.11. The molecule has 0 unspecified atom stereocenters. The van der Waals surface area contributed by atoms with E-state index in [4.69, 9.17) is 4.74 Å². The number of ether oxygens (including phenoxy) is 1. The van der Waals surface area contributed by atoms with Gasteiger partial charge >= 0.3 is 5.97 Å². The van der Waals surface area contributed by atoms with E-state index in [0.717, 1.165) is 34.9 Å². The molecule has 0 amide bonds. The highest BCUT2D eigenvalue weighted by Crippen LogP contribution is 2.30. The van der Waals surface area contributed by atoms with Gasteiger partial charge in [-0.05, 0) is 48.0 Å². The van der Waals surface area contributed by atoms with E-state index in [1.54, 1.807) is 6.07 Å². The van der Waals surface area contributed by atoms with Crippen LogP contribution in [0, 0.1) is 5.92 Å². The Balaban J connectivity index is 2.11. The molecule has 1 fully saturated rings. The molecule has 1 aromatic carbocycles. The van der Waals surface area contributed by atoms with Crippen molar-refractivity contribution in [1.29, 1.82) is 0 Å². The van der Waals surface area contributed by atoms with Gasteiger partial charge in [-0.2, -0.15) is 0 Å². The number of halogens is 2. The van der Waals surface area contributed by atoms with Crippen molar-refractivity contribution >= 4 is 37.8 Å². The number of esters is 1. The summed E-state index contributed by atoms with van der Waals surface area (Å²) < 4.78 is 7.43. The van der Waals surface area contributed by atoms with Gasteiger partial charge in [0, 0.05) is 27.7 Å². The summed E-state index contributed by atoms with van der Waals surface area (Å²) >= 11 is 6.80. The van der Waals surface area contributed by atoms with Gasteiger partial charge in [-0.1, -0.05) is 15.9 Å². The molecule has 20 heavy (non-hydrogen) atoms. The van der Waals surface area contributed by atoms with E-state index in [1.807, 2.05) is 26.0 Å². The summed E-state index contributed by atoms with van der Waals surface area (Å²) in [5, 5.41) is 2.32. The highest BCUT2D eigenvalue weighted by atomic mass is 79.9. The van der Waals surface area contributed by atoms with Crippen molar-refractivity contribution in [2.75, 3.05) is 13.1 Å². The van der Waals surface area contributed by atoms with Gasteiger partial charge in [-0.3, -0.25) is 0 Å². The number of piperidine rings is 1. The Hall–Kier alpha value is -0.390. The average Bonchev–Trinajstić information content (AvgIpc) is 2.42. The van der Waals surface area contributed by atoms with Crippen LogP contribution in [0.1, 0.15) is 37.0 Å². The second-order valence-electron chi connectivity index (χ2n) is 5.76. The molecule has 1 aromatic rings. The van der Waals surface area contributed by atoms with E-state index < -0.39 is 5.60 Å². The van der Waals surface area contributed by atoms with Gasteiger partial charge in [-0.15, -0.1) is 0 Å². The predicted molar refractivity (Wildman–Crippen MR) is 85.7 cm³/mol. The minimum absolute atomic E-state index is 0.266. The smallest absolute Gasteiger partial charge is 0.339 e. The first-order chi connectivity index (χ1) is 9.40. The summed E-state index contributed by atoms with van der Waals surface area (Å²) in [6.07, 6.45) is 2.19. The SMILES string of the molecule is CC(C)(OC(=O)c1cc(Br)ccc1Br)C1CC[NH2+]CC1. The first kappa shape index (κ1) is 16.0. The van der Waals surface area contributed by atoms with Crippen LogP contribution in [0.3, 0.4) is 0 Å². The van der Waals surface area contributed by atoms with Crippen LogP contribution in [0.25, 0.3) is 0 Å². The van der Waals surface area contributed by atoms with E-state index in [-0.39, 0.29) is 5.97 Å². The fourth-order valence-corrected chi connectivity index (χ4v) is 3.42. The Morgan fingerprint density at radius 2 is 1.95 bits per heavy atom. The number of benzene rings is 1. The maximum atomic E-state index is 12.4. The monoisotopic (exact) mass is 404 g/mol. The molecule has 1 aliphatic heterocycles. The fraction of sp³-hybridized carbons (Fsp3) is 0.533. The van der Waals surface area contributed by atoms with Crippen LogP contribution in [0.15, 0.2) is 27.1 Å². The van der Waals surface area contributed by atoms with Crippen molar-refractivity contribution in [1.82, 2.24) is 0 Å². The van der Waals surface area contributed by atoms with Crippen LogP contribution in [0.2, 0.25) is 0 Å². The Bertz CT molecular complexity index is 497. The first-order valence-corrected chi connectivity index (χ1v) is 8.49. The molecule has 0 radical (unpaired) electrons. The van der Waals surface area contributed by atoms with E-state index in [1.165, 1.54) is 0 Å². The zero-order valence-electron chi connectivity index (χ0n) is 11.8. The summed E-state index contributed by atoms with van der Waals surface area (Å²) in [4.78, 5) is 12.4. The van der Waals surface area contributed by atoms with Gasteiger partial charge in [0.05, 0.1) is 18.7 Å². The minimum Gasteiger partial charge on any atom is -0.456 e. The number of carbonyl (C=O) groups is 1. The van der Waals surface area contributed by atoms with Crippen molar-refractivity contribution in [3.05, 3.63) is 32.7 Å². The van der Waals surface area contributed by atoms with Gasteiger partial charge in [0.25, 0.3) is 0 Å². The Labute approximate surface area is 136 Å². The molecule has 0 spiro atoms. The molecule has 2 N–H and O–H groups in total. The Kier molecular flexibility index (Phi) is 5.26. The number of hydrogen-bond donors (Lipinski definition) is 1. The summed E-state index contributed by atoms with van der Waals surface area (Å²) in [5.41, 5.74) is 0.141. The van der Waals surface area contributed by atoms with Crippen LogP contribution in [-0.2, 0) is 4.74 Å². The molecule has 0 atom stereocenters. The van der Waals surface area contributed by atoms with Crippen LogP contribution < -0.4 is 5.32 Å². The predicted octanol–water partition coefficient (Wildman–Crippen LogP) is 3.12. The number of quaternary nitrogens is 1. The summed E-state index contributed by atoms with van der Waals surface area (Å²) in [6, 6.07) is 5.53. The van der Waals surface area contributed by atoms with Crippen LogP contribution in [0.4, 0.5) is 0 Å². The zero-order chi connectivity index (χ0) is 14.8. The lowest BCUT2D eigenvalue weighted by molar-refractivity contribution is -0.665. The van der Waals surface area contributed by atoms with Crippen molar-refractivity contribution in [2.24, 2.45) is 5.92 Å². The number of carbonyl (C=O) groups excluding carboxylic acids is 1. The molecular weight excluding hydrogens is 386 g/mol. The van der Waals surface area contributed by atoms with Crippen LogP contribution in [0.5, 0.6) is 0 Å². The van der Waals surface area contributed by atoms with Gasteiger partial charge < -0.3 is 10.1 Å². The van der Waals surface area contributed by atoms with Crippen molar-refractivity contribution in [2.45, 2.75) is 32.3 Å². The lowest BCUT2D eigenvalue weighted by Crippen LogP contribution is -2.86. The van der Waals surface area contributed by atoms with Crippen molar-refractivity contribution in [3.63, 3.8) is 0 Å². The van der Waals surface area contributed by atoms with E-state index >= 15 is 0 Å². The first-order valence-electron chi connectivity index (χ1n) is 6.90. The van der Waals surface area contributed by atoms with E-state index in [0.29, 0.717) is 11.5 Å². The van der Waals surface area contributed by atoms with E-state index in [2.05, 4.69) is 37.2 Å². The topological polar surface area (TPSA) is 42.9 Å². The summed E-state index contributed by atoms with van der Waals surface area (Å²) in [6.45, 7) is 6.28. The lowest BCUT2D eigenvalue weighted by Gasteiger charge is -2.35. The third kappa shape index (κ3) is 3.83. The molecule has 1 heterocycles. The Morgan fingerprint density at radius 1 is 1.30 bits per heavy atom. The molecule has 5 heteroatoms. The lowest BCUT2D eigenvalue weighted by atomic mass is 9.83. The number of nitrogens with two attached hydrogens (primary N) is 1.